The fourth-order valence-corrected chi connectivity index (χ4v) is 3.62. The maximum atomic E-state index is 12.4. The van der Waals surface area contributed by atoms with Gasteiger partial charge in [0.2, 0.25) is 0 Å². The van der Waals surface area contributed by atoms with Gasteiger partial charge >= 0.3 is 0 Å². The SMILES string of the molecule is Cc1cccc(NC(=O)COc2ccc(/C=C(/C#N)C(=O)Nc3ccc(Cl)cc3)cc2Br)c1C. The van der Waals surface area contributed by atoms with Crippen LogP contribution in [0.4, 0.5) is 11.4 Å². The molecule has 0 bridgehead atoms. The first-order valence-electron chi connectivity index (χ1n) is 10.2. The van der Waals surface area contributed by atoms with Crippen molar-refractivity contribution >= 4 is 56.8 Å². The first kappa shape index (κ1) is 25.0. The molecule has 0 heterocycles. The number of nitrogens with zero attached hydrogens (tertiary/aromatic N) is 1. The van der Waals surface area contributed by atoms with E-state index in [2.05, 4.69) is 26.6 Å². The summed E-state index contributed by atoms with van der Waals surface area (Å²) in [6.45, 7) is 3.75. The smallest absolute Gasteiger partial charge is 0.266 e. The quantitative estimate of drug-likeness (QED) is 0.273. The van der Waals surface area contributed by atoms with Crippen LogP contribution in [-0.4, -0.2) is 18.4 Å². The van der Waals surface area contributed by atoms with Crippen molar-refractivity contribution in [1.29, 1.82) is 5.26 Å². The summed E-state index contributed by atoms with van der Waals surface area (Å²) in [6, 6.07) is 19.2. The van der Waals surface area contributed by atoms with E-state index in [4.69, 9.17) is 16.3 Å². The number of nitriles is 1. The van der Waals surface area contributed by atoms with Crippen LogP contribution in [-0.2, 0) is 9.59 Å². The van der Waals surface area contributed by atoms with Gasteiger partial charge in [0.05, 0.1) is 4.47 Å². The van der Waals surface area contributed by atoms with Crippen LogP contribution in [0.5, 0.6) is 5.75 Å². The number of ether oxygens (including phenoxy) is 1. The molecule has 0 spiro atoms. The Hall–Kier alpha value is -3.60. The van der Waals surface area contributed by atoms with E-state index in [0.29, 0.717) is 26.5 Å². The monoisotopic (exact) mass is 537 g/mol. The van der Waals surface area contributed by atoms with Crippen LogP contribution in [0, 0.1) is 25.2 Å². The van der Waals surface area contributed by atoms with Crippen molar-refractivity contribution in [3.05, 3.63) is 92.4 Å². The number of nitrogens with one attached hydrogen (secondary N) is 2. The van der Waals surface area contributed by atoms with E-state index in [1.54, 1.807) is 42.5 Å². The van der Waals surface area contributed by atoms with Crippen LogP contribution in [0.15, 0.2) is 70.7 Å². The Kier molecular flexibility index (Phi) is 8.47. The van der Waals surface area contributed by atoms with Gasteiger partial charge in [0.1, 0.15) is 17.4 Å². The Balaban J connectivity index is 1.64. The van der Waals surface area contributed by atoms with Crippen molar-refractivity contribution < 1.29 is 14.3 Å². The molecule has 0 aliphatic carbocycles. The molecule has 3 aromatic carbocycles. The lowest BCUT2D eigenvalue weighted by Crippen LogP contribution is -2.20. The lowest BCUT2D eigenvalue weighted by Gasteiger charge is -2.12. The van der Waals surface area contributed by atoms with Crippen LogP contribution in [0.25, 0.3) is 6.08 Å². The summed E-state index contributed by atoms with van der Waals surface area (Å²) in [6.07, 6.45) is 1.47. The average molecular weight is 539 g/mol. The highest BCUT2D eigenvalue weighted by molar-refractivity contribution is 9.10. The molecule has 2 N–H and O–H groups in total. The molecule has 0 saturated carbocycles. The highest BCUT2D eigenvalue weighted by Gasteiger charge is 2.12. The molecule has 0 fully saturated rings. The minimum atomic E-state index is -0.538. The molecule has 172 valence electrons. The number of hydrogen-bond donors (Lipinski definition) is 2. The van der Waals surface area contributed by atoms with E-state index >= 15 is 0 Å². The van der Waals surface area contributed by atoms with Crippen LogP contribution in [0.3, 0.4) is 0 Å². The molecule has 0 aromatic heterocycles. The molecule has 3 rings (SSSR count). The number of benzene rings is 3. The topological polar surface area (TPSA) is 91.2 Å². The van der Waals surface area contributed by atoms with E-state index in [0.717, 1.165) is 16.8 Å². The minimum Gasteiger partial charge on any atom is -0.483 e. The van der Waals surface area contributed by atoms with Crippen LogP contribution in [0.1, 0.15) is 16.7 Å². The van der Waals surface area contributed by atoms with E-state index in [-0.39, 0.29) is 18.1 Å². The van der Waals surface area contributed by atoms with Gasteiger partial charge in [-0.1, -0.05) is 29.8 Å². The zero-order valence-corrected chi connectivity index (χ0v) is 20.8. The Labute approximate surface area is 211 Å². The van der Waals surface area contributed by atoms with Gasteiger partial charge in [-0.25, -0.2) is 0 Å². The lowest BCUT2D eigenvalue weighted by atomic mass is 10.1. The van der Waals surface area contributed by atoms with Crippen LogP contribution >= 0.6 is 27.5 Å². The molecular weight excluding hydrogens is 518 g/mol. The second-order valence-electron chi connectivity index (χ2n) is 7.41. The van der Waals surface area contributed by atoms with Gasteiger partial charge in [-0.15, -0.1) is 0 Å². The van der Waals surface area contributed by atoms with Crippen molar-refractivity contribution in [1.82, 2.24) is 0 Å². The van der Waals surface area contributed by atoms with Gasteiger partial charge in [-0.3, -0.25) is 9.59 Å². The molecular formula is C26H21BrClN3O3. The fraction of sp³-hybridized carbons (Fsp3) is 0.115. The van der Waals surface area contributed by atoms with Gasteiger partial charge in [0.15, 0.2) is 6.61 Å². The third-order valence-electron chi connectivity index (χ3n) is 4.97. The molecule has 0 aliphatic rings. The van der Waals surface area contributed by atoms with Gasteiger partial charge in [0, 0.05) is 16.4 Å². The number of carbonyl (C=O) groups is 2. The normalized spacial score (nSPS) is 10.9. The summed E-state index contributed by atoms with van der Waals surface area (Å²) in [7, 11) is 0. The molecule has 6 nitrogen and oxygen atoms in total. The number of anilines is 2. The summed E-state index contributed by atoms with van der Waals surface area (Å²) in [5, 5.41) is 15.5. The summed E-state index contributed by atoms with van der Waals surface area (Å²) in [5.74, 6) is -0.364. The summed E-state index contributed by atoms with van der Waals surface area (Å²) in [4.78, 5) is 24.7. The third kappa shape index (κ3) is 6.70. The third-order valence-corrected chi connectivity index (χ3v) is 5.84. The molecule has 34 heavy (non-hydrogen) atoms. The van der Waals surface area contributed by atoms with Crippen LogP contribution < -0.4 is 15.4 Å². The van der Waals surface area contributed by atoms with E-state index in [1.807, 2.05) is 38.1 Å². The lowest BCUT2D eigenvalue weighted by molar-refractivity contribution is -0.118. The second kappa shape index (κ2) is 11.5. The zero-order valence-electron chi connectivity index (χ0n) is 18.5. The van der Waals surface area contributed by atoms with Crippen LogP contribution in [0.2, 0.25) is 5.02 Å². The Morgan fingerprint density at radius 1 is 1.09 bits per heavy atom. The maximum Gasteiger partial charge on any atom is 0.266 e. The van der Waals surface area contributed by atoms with Gasteiger partial charge in [-0.05, 0) is 95.0 Å². The summed E-state index contributed by atoms with van der Waals surface area (Å²) < 4.78 is 6.21. The number of aryl methyl sites for hydroxylation is 1. The van der Waals surface area contributed by atoms with Crippen molar-refractivity contribution in [2.24, 2.45) is 0 Å². The highest BCUT2D eigenvalue weighted by Crippen LogP contribution is 2.27. The van der Waals surface area contributed by atoms with Crippen molar-refractivity contribution in [2.75, 3.05) is 17.2 Å². The second-order valence-corrected chi connectivity index (χ2v) is 8.70. The maximum absolute atomic E-state index is 12.4. The Morgan fingerprint density at radius 3 is 2.50 bits per heavy atom. The molecule has 0 unspecified atom stereocenters. The van der Waals surface area contributed by atoms with Gasteiger partial charge in [0.25, 0.3) is 11.8 Å². The van der Waals surface area contributed by atoms with Crippen molar-refractivity contribution in [3.63, 3.8) is 0 Å². The number of halogens is 2. The Morgan fingerprint density at radius 2 is 1.82 bits per heavy atom. The van der Waals surface area contributed by atoms with E-state index in [1.165, 1.54) is 6.08 Å². The molecule has 0 atom stereocenters. The summed E-state index contributed by atoms with van der Waals surface area (Å²) in [5.41, 5.74) is 3.91. The molecule has 8 heteroatoms. The molecule has 0 saturated heterocycles. The minimum absolute atomic E-state index is 0.0663. The number of hydrogen-bond acceptors (Lipinski definition) is 4. The standard InChI is InChI=1S/C26H21BrClN3O3/c1-16-4-3-5-23(17(16)2)31-25(32)15-34-24-11-6-18(13-22(24)27)12-19(14-29)26(33)30-21-9-7-20(28)8-10-21/h3-13H,15H2,1-2H3,(H,30,33)(H,31,32)/b19-12-. The fourth-order valence-electron chi connectivity index (χ4n) is 2.99. The molecule has 2 amide bonds. The Bertz CT molecular complexity index is 1300. The number of rotatable bonds is 7. The average Bonchev–Trinajstić information content (AvgIpc) is 2.81. The van der Waals surface area contributed by atoms with Crippen molar-refractivity contribution in [2.45, 2.75) is 13.8 Å². The van der Waals surface area contributed by atoms with Gasteiger partial charge < -0.3 is 15.4 Å². The molecule has 0 aliphatic heterocycles. The highest BCUT2D eigenvalue weighted by atomic mass is 79.9. The predicted octanol–water partition coefficient (Wildman–Crippen LogP) is 6.28. The van der Waals surface area contributed by atoms with E-state index in [9.17, 15) is 14.9 Å². The van der Waals surface area contributed by atoms with E-state index < -0.39 is 5.91 Å². The first-order valence-corrected chi connectivity index (χ1v) is 11.4. The number of amides is 2. The largest absolute Gasteiger partial charge is 0.483 e. The first-order chi connectivity index (χ1) is 16.3. The van der Waals surface area contributed by atoms with Gasteiger partial charge in [-0.2, -0.15) is 5.26 Å². The molecule has 3 aromatic rings. The molecule has 0 radical (unpaired) electrons. The predicted molar refractivity (Wildman–Crippen MR) is 138 cm³/mol. The zero-order chi connectivity index (χ0) is 24.7. The summed E-state index contributed by atoms with van der Waals surface area (Å²) >= 11 is 9.26. The number of carbonyl (C=O) groups excluding carboxylic acids is 2. The van der Waals surface area contributed by atoms with Crippen molar-refractivity contribution in [3.8, 4) is 11.8 Å².